The van der Waals surface area contributed by atoms with Gasteiger partial charge in [-0.2, -0.15) is 0 Å². The van der Waals surface area contributed by atoms with E-state index < -0.39 is 0 Å². The Kier molecular flexibility index (Phi) is 3.65. The van der Waals surface area contributed by atoms with Gasteiger partial charge in [0.15, 0.2) is 0 Å². The van der Waals surface area contributed by atoms with Gasteiger partial charge in [-0.25, -0.2) is 0 Å². The van der Waals surface area contributed by atoms with E-state index in [2.05, 4.69) is 43.5 Å². The molecule has 0 radical (unpaired) electrons. The van der Waals surface area contributed by atoms with E-state index in [1.807, 2.05) is 6.20 Å². The molecule has 0 bridgehead atoms. The molecule has 1 N–H and O–H groups in total. The molecule has 0 saturated carbocycles. The minimum atomic E-state index is 0.537. The highest BCUT2D eigenvalue weighted by Crippen LogP contribution is 2.10. The van der Waals surface area contributed by atoms with E-state index >= 15 is 0 Å². The zero-order valence-corrected chi connectivity index (χ0v) is 7.88. The molecule has 66 valence electrons. The highest BCUT2D eigenvalue weighted by atomic mass is 14.8. The monoisotopic (exact) mass is 163 g/mol. The van der Waals surface area contributed by atoms with Gasteiger partial charge >= 0.3 is 0 Å². The molecule has 1 rings (SSSR count). The summed E-state index contributed by atoms with van der Waals surface area (Å²) in [6.45, 7) is 5.32. The fourth-order valence-corrected chi connectivity index (χ4v) is 1.25. The maximum Gasteiger partial charge on any atom is 0.0328 e. The fraction of sp³-hybridized carbons (Fsp3) is 0.455. The second kappa shape index (κ2) is 4.81. The minimum absolute atomic E-state index is 0.537. The van der Waals surface area contributed by atoms with E-state index in [4.69, 9.17) is 0 Å². The van der Waals surface area contributed by atoms with Crippen molar-refractivity contribution in [3.63, 3.8) is 0 Å². The molecule has 1 atom stereocenters. The quantitative estimate of drug-likeness (QED) is 0.626. The average molecular weight is 163 g/mol. The minimum Gasteiger partial charge on any atom is -0.388 e. The van der Waals surface area contributed by atoms with Gasteiger partial charge in [-0.05, 0) is 18.5 Å². The van der Waals surface area contributed by atoms with E-state index in [9.17, 15) is 0 Å². The Hall–Kier alpha value is -0.980. The summed E-state index contributed by atoms with van der Waals surface area (Å²) in [7, 11) is 0. The Morgan fingerprint density at radius 2 is 2.42 bits per heavy atom. The average Bonchev–Trinajstić information content (AvgIpc) is 2.16. The van der Waals surface area contributed by atoms with E-state index in [-0.39, 0.29) is 0 Å². The van der Waals surface area contributed by atoms with Crippen LogP contribution in [0.2, 0.25) is 0 Å². The van der Waals surface area contributed by atoms with Crippen LogP contribution in [0.4, 0.5) is 0 Å². The molecule has 1 heterocycles. The van der Waals surface area contributed by atoms with E-state index in [0.717, 1.165) is 13.0 Å². The van der Waals surface area contributed by atoms with Crippen molar-refractivity contribution in [2.75, 3.05) is 6.54 Å². The standard InChI is InChI=1S/C11H17N/c1-3-11-5-4-7-12-8-6-10(2)9-11/h4-6,8-10,12H,3,7H2,1-2H3/b5-4?,8-6-,11-9?. The molecule has 0 aromatic carbocycles. The predicted molar refractivity (Wildman–Crippen MR) is 53.8 cm³/mol. The van der Waals surface area contributed by atoms with Gasteiger partial charge in [0.2, 0.25) is 0 Å². The Labute approximate surface area is 74.9 Å². The Morgan fingerprint density at radius 3 is 3.17 bits per heavy atom. The first-order chi connectivity index (χ1) is 5.83. The molecule has 1 aliphatic rings. The first-order valence-electron chi connectivity index (χ1n) is 4.60. The van der Waals surface area contributed by atoms with Gasteiger partial charge in [0.1, 0.15) is 0 Å². The number of hydrogen-bond donors (Lipinski definition) is 1. The van der Waals surface area contributed by atoms with Crippen molar-refractivity contribution in [1.82, 2.24) is 5.32 Å². The summed E-state index contributed by atoms with van der Waals surface area (Å²) >= 11 is 0. The van der Waals surface area contributed by atoms with Gasteiger partial charge < -0.3 is 5.32 Å². The summed E-state index contributed by atoms with van der Waals surface area (Å²) in [5.74, 6) is 0.537. The molecule has 0 aromatic heterocycles. The lowest BCUT2D eigenvalue weighted by atomic mass is 10.1. The van der Waals surface area contributed by atoms with Gasteiger partial charge in [0, 0.05) is 6.54 Å². The molecule has 0 spiro atoms. The third-order valence-corrected chi connectivity index (χ3v) is 1.97. The molecule has 1 heteroatoms. The van der Waals surface area contributed by atoms with Gasteiger partial charge in [-0.1, -0.05) is 43.7 Å². The Morgan fingerprint density at radius 1 is 1.58 bits per heavy atom. The van der Waals surface area contributed by atoms with Crippen molar-refractivity contribution in [2.24, 2.45) is 5.92 Å². The highest BCUT2D eigenvalue weighted by molar-refractivity contribution is 5.21. The van der Waals surface area contributed by atoms with Gasteiger partial charge in [0.05, 0.1) is 0 Å². The molecule has 1 aliphatic heterocycles. The molecule has 0 amide bonds. The number of rotatable bonds is 1. The van der Waals surface area contributed by atoms with Crippen LogP contribution in [0.3, 0.4) is 0 Å². The molecular weight excluding hydrogens is 146 g/mol. The van der Waals surface area contributed by atoms with Crippen molar-refractivity contribution < 1.29 is 0 Å². The van der Waals surface area contributed by atoms with Gasteiger partial charge in [-0.15, -0.1) is 0 Å². The maximum absolute atomic E-state index is 3.20. The third-order valence-electron chi connectivity index (χ3n) is 1.97. The van der Waals surface area contributed by atoms with Crippen molar-refractivity contribution >= 4 is 0 Å². The normalized spacial score (nSPS) is 26.2. The van der Waals surface area contributed by atoms with Crippen LogP contribution in [-0.2, 0) is 0 Å². The summed E-state index contributed by atoms with van der Waals surface area (Å²) in [6.07, 6.45) is 12.0. The van der Waals surface area contributed by atoms with Crippen LogP contribution in [0.1, 0.15) is 20.3 Å². The number of hydrogen-bond acceptors (Lipinski definition) is 1. The topological polar surface area (TPSA) is 12.0 Å². The summed E-state index contributed by atoms with van der Waals surface area (Å²) in [6, 6.07) is 0. The first-order valence-corrected chi connectivity index (χ1v) is 4.60. The lowest BCUT2D eigenvalue weighted by Gasteiger charge is -2.00. The Balaban J connectivity index is 2.73. The lowest BCUT2D eigenvalue weighted by molar-refractivity contribution is 0.896. The summed E-state index contributed by atoms with van der Waals surface area (Å²) in [5.41, 5.74) is 1.43. The second-order valence-corrected chi connectivity index (χ2v) is 3.12. The molecule has 1 unspecified atom stereocenters. The summed E-state index contributed by atoms with van der Waals surface area (Å²) in [4.78, 5) is 0. The van der Waals surface area contributed by atoms with E-state index in [1.54, 1.807) is 0 Å². The fourth-order valence-electron chi connectivity index (χ4n) is 1.25. The van der Waals surface area contributed by atoms with Crippen LogP contribution in [0.25, 0.3) is 0 Å². The van der Waals surface area contributed by atoms with Crippen molar-refractivity contribution in [1.29, 1.82) is 0 Å². The van der Waals surface area contributed by atoms with Crippen LogP contribution in [0, 0.1) is 5.92 Å². The molecule has 12 heavy (non-hydrogen) atoms. The predicted octanol–water partition coefficient (Wildman–Crippen LogP) is 2.63. The van der Waals surface area contributed by atoms with Crippen LogP contribution in [0.5, 0.6) is 0 Å². The molecular formula is C11H17N. The molecule has 1 nitrogen and oxygen atoms in total. The van der Waals surface area contributed by atoms with Crippen molar-refractivity contribution in [3.05, 3.63) is 36.1 Å². The van der Waals surface area contributed by atoms with E-state index in [0.29, 0.717) is 5.92 Å². The summed E-state index contributed by atoms with van der Waals surface area (Å²) in [5, 5.41) is 3.20. The van der Waals surface area contributed by atoms with Gasteiger partial charge in [0.25, 0.3) is 0 Å². The number of nitrogens with one attached hydrogen (secondary N) is 1. The highest BCUT2D eigenvalue weighted by Gasteiger charge is 1.95. The smallest absolute Gasteiger partial charge is 0.0328 e. The first kappa shape index (κ1) is 9.11. The third kappa shape index (κ3) is 2.95. The second-order valence-electron chi connectivity index (χ2n) is 3.12. The van der Waals surface area contributed by atoms with Crippen LogP contribution in [-0.4, -0.2) is 6.54 Å². The van der Waals surface area contributed by atoms with Crippen LogP contribution in [0.15, 0.2) is 36.1 Å². The number of allylic oxidation sites excluding steroid dienone is 4. The van der Waals surface area contributed by atoms with Gasteiger partial charge in [-0.3, -0.25) is 0 Å². The van der Waals surface area contributed by atoms with Crippen LogP contribution < -0.4 is 5.32 Å². The van der Waals surface area contributed by atoms with E-state index in [1.165, 1.54) is 5.57 Å². The zero-order chi connectivity index (χ0) is 8.81. The lowest BCUT2D eigenvalue weighted by Crippen LogP contribution is -2.03. The summed E-state index contributed by atoms with van der Waals surface area (Å²) < 4.78 is 0. The van der Waals surface area contributed by atoms with Crippen LogP contribution >= 0.6 is 0 Å². The molecule has 0 saturated heterocycles. The van der Waals surface area contributed by atoms with Crippen molar-refractivity contribution in [2.45, 2.75) is 20.3 Å². The molecule has 0 aliphatic carbocycles. The SMILES string of the molecule is CCC1=CC(C)/C=C\NCC=C1. The maximum atomic E-state index is 3.20. The largest absolute Gasteiger partial charge is 0.388 e. The Bertz CT molecular complexity index is 211. The molecule has 0 fully saturated rings. The molecule has 0 aromatic rings. The van der Waals surface area contributed by atoms with Crippen molar-refractivity contribution in [3.8, 4) is 0 Å². The zero-order valence-electron chi connectivity index (χ0n) is 7.88.